The van der Waals surface area contributed by atoms with E-state index in [-0.39, 0.29) is 36.0 Å². The number of aliphatic imine (C=N–C) groups is 1. The molecule has 1 saturated heterocycles. The number of benzene rings is 1. The average molecular weight is 490 g/mol. The zero-order valence-electron chi connectivity index (χ0n) is 16.1. The lowest BCUT2D eigenvalue weighted by Crippen LogP contribution is -2.38. The van der Waals surface area contributed by atoms with E-state index < -0.39 is 0 Å². The number of rotatable bonds is 9. The summed E-state index contributed by atoms with van der Waals surface area (Å²) in [4.78, 5) is 16.9. The molecule has 1 aromatic rings. The fourth-order valence-corrected chi connectivity index (χ4v) is 2.71. The normalized spacial score (nSPS) is 16.5. The summed E-state index contributed by atoms with van der Waals surface area (Å²) >= 11 is 0. The van der Waals surface area contributed by atoms with E-state index in [0.717, 1.165) is 37.5 Å². The number of amides is 1. The van der Waals surface area contributed by atoms with Crippen molar-refractivity contribution < 1.29 is 14.3 Å². The van der Waals surface area contributed by atoms with Gasteiger partial charge in [0.05, 0.1) is 19.3 Å². The van der Waals surface area contributed by atoms with E-state index in [2.05, 4.69) is 20.9 Å². The predicted octanol–water partition coefficient (Wildman–Crippen LogP) is 1.91. The van der Waals surface area contributed by atoms with Crippen molar-refractivity contribution in [2.75, 3.05) is 40.0 Å². The van der Waals surface area contributed by atoms with Crippen LogP contribution in [0, 0.1) is 0 Å². The van der Waals surface area contributed by atoms with E-state index >= 15 is 0 Å². The number of carbonyl (C=O) groups excluding carboxylic acids is 1. The minimum Gasteiger partial charge on any atom is -0.383 e. The van der Waals surface area contributed by atoms with Crippen molar-refractivity contribution >= 4 is 35.8 Å². The van der Waals surface area contributed by atoms with Gasteiger partial charge in [-0.3, -0.25) is 4.79 Å². The molecule has 1 aromatic carbocycles. The Kier molecular flexibility index (Phi) is 12.0. The zero-order chi connectivity index (χ0) is 18.6. The first-order chi connectivity index (χ1) is 12.7. The van der Waals surface area contributed by atoms with Crippen molar-refractivity contribution in [3.63, 3.8) is 0 Å². The highest BCUT2D eigenvalue weighted by molar-refractivity contribution is 14.0. The molecule has 1 unspecified atom stereocenters. The van der Waals surface area contributed by atoms with Crippen LogP contribution in [-0.4, -0.2) is 57.9 Å². The van der Waals surface area contributed by atoms with Gasteiger partial charge in [-0.1, -0.05) is 12.1 Å². The summed E-state index contributed by atoms with van der Waals surface area (Å²) in [5.74, 6) is 0.661. The van der Waals surface area contributed by atoms with Crippen LogP contribution in [0.5, 0.6) is 0 Å². The summed E-state index contributed by atoms with van der Waals surface area (Å²) in [5.41, 5.74) is 1.63. The van der Waals surface area contributed by atoms with E-state index in [1.54, 1.807) is 7.11 Å². The van der Waals surface area contributed by atoms with Crippen molar-refractivity contribution in [3.05, 3.63) is 35.4 Å². The Balaban J connectivity index is 0.00000364. The molecule has 1 amide bonds. The number of ether oxygens (including phenoxy) is 2. The Labute approximate surface area is 178 Å². The molecule has 1 atom stereocenters. The molecule has 1 fully saturated rings. The van der Waals surface area contributed by atoms with Crippen LogP contribution in [0.4, 0.5) is 0 Å². The number of hydrogen-bond donors (Lipinski definition) is 3. The van der Waals surface area contributed by atoms with Gasteiger partial charge in [0, 0.05) is 38.9 Å². The molecule has 0 saturated carbocycles. The molecule has 27 heavy (non-hydrogen) atoms. The highest BCUT2D eigenvalue weighted by Crippen LogP contribution is 2.11. The zero-order valence-corrected chi connectivity index (χ0v) is 18.5. The molecule has 152 valence electrons. The van der Waals surface area contributed by atoms with Crippen LogP contribution in [0.15, 0.2) is 29.3 Å². The standard InChI is InChI=1S/C19H30N4O3.HI/c1-3-20-19(21-9-11-25-2)23-13-15-6-4-7-16(12-15)18(24)22-14-17-8-5-10-26-17;/h4,6-7,12,17H,3,5,8-11,13-14H2,1-2H3,(H,22,24)(H2,20,21,23);1H. The molecule has 2 rings (SSSR count). The molecular weight excluding hydrogens is 459 g/mol. The third kappa shape index (κ3) is 8.89. The smallest absolute Gasteiger partial charge is 0.251 e. The molecule has 3 N–H and O–H groups in total. The van der Waals surface area contributed by atoms with E-state index in [0.29, 0.717) is 31.8 Å². The van der Waals surface area contributed by atoms with Crippen molar-refractivity contribution in [1.29, 1.82) is 0 Å². The molecule has 1 heterocycles. The molecule has 0 radical (unpaired) electrons. The van der Waals surface area contributed by atoms with Crippen molar-refractivity contribution in [3.8, 4) is 0 Å². The van der Waals surface area contributed by atoms with Gasteiger partial charge in [-0.15, -0.1) is 24.0 Å². The third-order valence-electron chi connectivity index (χ3n) is 4.07. The lowest BCUT2D eigenvalue weighted by Gasteiger charge is -2.12. The minimum atomic E-state index is -0.0727. The molecular formula is C19H31IN4O3. The minimum absolute atomic E-state index is 0. The molecule has 0 aliphatic carbocycles. The van der Waals surface area contributed by atoms with Gasteiger partial charge >= 0.3 is 0 Å². The van der Waals surface area contributed by atoms with Crippen molar-refractivity contribution in [2.24, 2.45) is 4.99 Å². The lowest BCUT2D eigenvalue weighted by molar-refractivity contribution is 0.0857. The molecule has 0 spiro atoms. The first kappa shape index (κ1) is 23.6. The van der Waals surface area contributed by atoms with Gasteiger partial charge in [0.15, 0.2) is 5.96 Å². The number of halogens is 1. The highest BCUT2D eigenvalue weighted by atomic mass is 127. The number of nitrogens with one attached hydrogen (secondary N) is 3. The summed E-state index contributed by atoms with van der Waals surface area (Å²) in [6.45, 7) is 5.96. The van der Waals surface area contributed by atoms with Gasteiger partial charge in [-0.2, -0.15) is 0 Å². The largest absolute Gasteiger partial charge is 0.383 e. The highest BCUT2D eigenvalue weighted by Gasteiger charge is 2.16. The van der Waals surface area contributed by atoms with Crippen LogP contribution in [0.3, 0.4) is 0 Å². The first-order valence-corrected chi connectivity index (χ1v) is 9.22. The fourth-order valence-electron chi connectivity index (χ4n) is 2.71. The van der Waals surface area contributed by atoms with E-state index in [1.165, 1.54) is 0 Å². The summed E-state index contributed by atoms with van der Waals surface area (Å²) in [6.07, 6.45) is 2.23. The third-order valence-corrected chi connectivity index (χ3v) is 4.07. The monoisotopic (exact) mass is 490 g/mol. The van der Waals surface area contributed by atoms with Crippen molar-refractivity contribution in [2.45, 2.75) is 32.4 Å². The van der Waals surface area contributed by atoms with Crippen LogP contribution in [0.1, 0.15) is 35.7 Å². The molecule has 7 nitrogen and oxygen atoms in total. The second kappa shape index (κ2) is 13.7. The average Bonchev–Trinajstić information content (AvgIpc) is 3.18. The van der Waals surface area contributed by atoms with Crippen LogP contribution in [0.25, 0.3) is 0 Å². The maximum Gasteiger partial charge on any atom is 0.251 e. The maximum absolute atomic E-state index is 12.3. The molecule has 0 bridgehead atoms. The van der Waals surface area contributed by atoms with E-state index in [4.69, 9.17) is 9.47 Å². The fraction of sp³-hybridized carbons (Fsp3) is 0.579. The number of hydrogen-bond acceptors (Lipinski definition) is 4. The van der Waals surface area contributed by atoms with Gasteiger partial charge in [0.25, 0.3) is 5.91 Å². The molecule has 1 aliphatic rings. The Morgan fingerprint density at radius 3 is 2.89 bits per heavy atom. The lowest BCUT2D eigenvalue weighted by atomic mass is 10.1. The number of guanidine groups is 1. The van der Waals surface area contributed by atoms with Crippen LogP contribution in [0.2, 0.25) is 0 Å². The van der Waals surface area contributed by atoms with Gasteiger partial charge in [-0.05, 0) is 37.5 Å². The Morgan fingerprint density at radius 2 is 2.19 bits per heavy atom. The van der Waals surface area contributed by atoms with Crippen LogP contribution in [-0.2, 0) is 16.0 Å². The molecule has 1 aliphatic heterocycles. The Hall–Kier alpha value is -1.39. The van der Waals surface area contributed by atoms with E-state index in [9.17, 15) is 4.79 Å². The topological polar surface area (TPSA) is 84.0 Å². The first-order valence-electron chi connectivity index (χ1n) is 9.22. The van der Waals surface area contributed by atoms with Gasteiger partial charge in [0.2, 0.25) is 0 Å². The second-order valence-electron chi connectivity index (χ2n) is 6.16. The number of carbonyl (C=O) groups is 1. The summed E-state index contributed by atoms with van der Waals surface area (Å²) in [6, 6.07) is 7.56. The summed E-state index contributed by atoms with van der Waals surface area (Å²) < 4.78 is 10.6. The number of nitrogens with zero attached hydrogens (tertiary/aromatic N) is 1. The quantitative estimate of drug-likeness (QED) is 0.213. The van der Waals surface area contributed by atoms with Crippen molar-refractivity contribution in [1.82, 2.24) is 16.0 Å². The summed E-state index contributed by atoms with van der Waals surface area (Å²) in [7, 11) is 1.67. The molecule has 0 aromatic heterocycles. The SMILES string of the molecule is CCNC(=NCc1cccc(C(=O)NCC2CCCO2)c1)NCCOC.I. The van der Waals surface area contributed by atoms with Crippen LogP contribution >= 0.6 is 24.0 Å². The van der Waals surface area contributed by atoms with Crippen LogP contribution < -0.4 is 16.0 Å². The summed E-state index contributed by atoms with van der Waals surface area (Å²) in [5, 5.41) is 9.34. The van der Waals surface area contributed by atoms with Gasteiger partial charge in [0.1, 0.15) is 0 Å². The maximum atomic E-state index is 12.3. The molecule has 8 heteroatoms. The van der Waals surface area contributed by atoms with E-state index in [1.807, 2.05) is 31.2 Å². The second-order valence-corrected chi connectivity index (χ2v) is 6.16. The predicted molar refractivity (Wildman–Crippen MR) is 118 cm³/mol. The van der Waals surface area contributed by atoms with Gasteiger partial charge < -0.3 is 25.4 Å². The number of methoxy groups -OCH3 is 1. The van der Waals surface area contributed by atoms with Gasteiger partial charge in [-0.25, -0.2) is 4.99 Å². The Morgan fingerprint density at radius 1 is 1.33 bits per heavy atom. The Bertz CT molecular complexity index is 592.